The normalized spacial score (nSPS) is 41.4. The van der Waals surface area contributed by atoms with Gasteiger partial charge in [-0.05, 0) is 38.6 Å². The molecule has 16 heavy (non-hydrogen) atoms. The lowest BCUT2D eigenvalue weighted by atomic mass is 9.84. The molecule has 3 unspecified atom stereocenters. The number of nitrogens with two attached hydrogens (primary N) is 1. The van der Waals surface area contributed by atoms with Gasteiger partial charge in [0.1, 0.15) is 0 Å². The van der Waals surface area contributed by atoms with Crippen LogP contribution >= 0.6 is 0 Å². The van der Waals surface area contributed by atoms with Crippen LogP contribution in [0.5, 0.6) is 0 Å². The molecule has 0 bridgehead atoms. The molecule has 2 aliphatic rings. The lowest BCUT2D eigenvalue weighted by Crippen LogP contribution is -2.50. The van der Waals surface area contributed by atoms with Gasteiger partial charge in [0, 0.05) is 31.2 Å². The van der Waals surface area contributed by atoms with Gasteiger partial charge in [0.2, 0.25) is 0 Å². The molecule has 2 fully saturated rings. The number of rotatable bonds is 3. The van der Waals surface area contributed by atoms with Gasteiger partial charge >= 0.3 is 0 Å². The first kappa shape index (κ1) is 12.3. The second-order valence-electron chi connectivity index (χ2n) is 5.84. The molecule has 3 nitrogen and oxygen atoms in total. The van der Waals surface area contributed by atoms with Crippen molar-refractivity contribution in [3.63, 3.8) is 0 Å². The zero-order valence-electron chi connectivity index (χ0n) is 10.7. The highest BCUT2D eigenvalue weighted by atomic mass is 16.5. The van der Waals surface area contributed by atoms with Crippen molar-refractivity contribution in [3.05, 3.63) is 0 Å². The first-order chi connectivity index (χ1) is 7.67. The van der Waals surface area contributed by atoms with Crippen molar-refractivity contribution in [2.45, 2.75) is 39.2 Å². The van der Waals surface area contributed by atoms with Crippen molar-refractivity contribution < 1.29 is 4.74 Å². The lowest BCUT2D eigenvalue weighted by Gasteiger charge is -2.42. The summed E-state index contributed by atoms with van der Waals surface area (Å²) in [5, 5.41) is 0. The molecule has 0 spiro atoms. The van der Waals surface area contributed by atoms with Crippen LogP contribution in [0.3, 0.4) is 0 Å². The van der Waals surface area contributed by atoms with Crippen molar-refractivity contribution in [1.29, 1.82) is 0 Å². The highest BCUT2D eigenvalue weighted by Crippen LogP contribution is 2.32. The first-order valence-electron chi connectivity index (χ1n) is 6.69. The fourth-order valence-corrected chi connectivity index (χ4v) is 3.07. The number of piperidine rings is 1. The predicted octanol–water partition coefficient (Wildman–Crippen LogP) is 1.47. The van der Waals surface area contributed by atoms with Crippen LogP contribution < -0.4 is 5.73 Å². The highest BCUT2D eigenvalue weighted by Gasteiger charge is 2.37. The van der Waals surface area contributed by atoms with E-state index in [-0.39, 0.29) is 5.41 Å². The van der Waals surface area contributed by atoms with Crippen molar-refractivity contribution in [1.82, 2.24) is 4.90 Å². The van der Waals surface area contributed by atoms with Crippen LogP contribution in [0, 0.1) is 11.3 Å². The Labute approximate surface area is 99.3 Å². The summed E-state index contributed by atoms with van der Waals surface area (Å²) in [5.74, 6) is 0.825. The average molecular weight is 226 g/mol. The zero-order valence-corrected chi connectivity index (χ0v) is 10.7. The Morgan fingerprint density at radius 1 is 1.44 bits per heavy atom. The van der Waals surface area contributed by atoms with Gasteiger partial charge in [-0.1, -0.05) is 6.92 Å². The summed E-state index contributed by atoms with van der Waals surface area (Å²) in [6.07, 6.45) is 3.86. The zero-order chi connectivity index (χ0) is 11.6. The molecular weight excluding hydrogens is 200 g/mol. The maximum atomic E-state index is 5.96. The molecular formula is C13H26N2O. The summed E-state index contributed by atoms with van der Waals surface area (Å²) >= 11 is 0. The van der Waals surface area contributed by atoms with Crippen molar-refractivity contribution in [3.8, 4) is 0 Å². The van der Waals surface area contributed by atoms with Gasteiger partial charge in [-0.25, -0.2) is 0 Å². The van der Waals surface area contributed by atoms with E-state index >= 15 is 0 Å². The topological polar surface area (TPSA) is 38.5 Å². The molecule has 2 rings (SSSR count). The Balaban J connectivity index is 1.96. The van der Waals surface area contributed by atoms with Gasteiger partial charge < -0.3 is 10.5 Å². The van der Waals surface area contributed by atoms with E-state index in [2.05, 4.69) is 18.7 Å². The summed E-state index contributed by atoms with van der Waals surface area (Å²) in [6.45, 7) is 9.64. The van der Waals surface area contributed by atoms with Crippen molar-refractivity contribution >= 4 is 0 Å². The van der Waals surface area contributed by atoms with Crippen LogP contribution in [0.25, 0.3) is 0 Å². The van der Waals surface area contributed by atoms with Gasteiger partial charge in [0.25, 0.3) is 0 Å². The summed E-state index contributed by atoms with van der Waals surface area (Å²) in [6, 6.07) is 0.706. The van der Waals surface area contributed by atoms with Gasteiger partial charge in [0.05, 0.1) is 6.61 Å². The minimum absolute atomic E-state index is 0.241. The Kier molecular flexibility index (Phi) is 3.88. The third-order valence-electron chi connectivity index (χ3n) is 4.66. The summed E-state index contributed by atoms with van der Waals surface area (Å²) < 4.78 is 5.55. The number of hydrogen-bond donors (Lipinski definition) is 1. The molecule has 0 aromatic heterocycles. The van der Waals surface area contributed by atoms with Crippen molar-refractivity contribution in [2.75, 3.05) is 32.8 Å². The van der Waals surface area contributed by atoms with Crippen LogP contribution in [-0.2, 0) is 4.74 Å². The van der Waals surface area contributed by atoms with Crippen LogP contribution in [0.2, 0.25) is 0 Å². The number of nitrogens with zero attached hydrogens (tertiary/aromatic N) is 1. The van der Waals surface area contributed by atoms with E-state index < -0.39 is 0 Å². The maximum Gasteiger partial charge on any atom is 0.0547 e. The summed E-state index contributed by atoms with van der Waals surface area (Å²) in [4.78, 5) is 2.63. The molecule has 2 N–H and O–H groups in total. The SMILES string of the molecule is CC1CCCN(CC2(CN)CCOC2)C1C. The molecule has 0 aromatic carbocycles. The maximum absolute atomic E-state index is 5.96. The quantitative estimate of drug-likeness (QED) is 0.792. The Morgan fingerprint density at radius 2 is 2.25 bits per heavy atom. The molecule has 2 aliphatic heterocycles. The molecule has 0 radical (unpaired) electrons. The third-order valence-corrected chi connectivity index (χ3v) is 4.66. The highest BCUT2D eigenvalue weighted by molar-refractivity contribution is 4.90. The lowest BCUT2D eigenvalue weighted by molar-refractivity contribution is 0.0536. The Morgan fingerprint density at radius 3 is 2.88 bits per heavy atom. The predicted molar refractivity (Wildman–Crippen MR) is 66.4 cm³/mol. The van der Waals surface area contributed by atoms with Crippen LogP contribution in [-0.4, -0.2) is 43.8 Å². The van der Waals surface area contributed by atoms with Crippen LogP contribution in [0.4, 0.5) is 0 Å². The second kappa shape index (κ2) is 5.03. The fourth-order valence-electron chi connectivity index (χ4n) is 3.07. The molecule has 0 amide bonds. The van der Waals surface area contributed by atoms with Crippen LogP contribution in [0.15, 0.2) is 0 Å². The Bertz CT molecular complexity index is 226. The molecule has 0 saturated carbocycles. The van der Waals surface area contributed by atoms with E-state index in [4.69, 9.17) is 10.5 Å². The second-order valence-corrected chi connectivity index (χ2v) is 5.84. The molecule has 94 valence electrons. The average Bonchev–Trinajstić information content (AvgIpc) is 2.74. The smallest absolute Gasteiger partial charge is 0.0547 e. The number of likely N-dealkylation sites (tertiary alicyclic amines) is 1. The molecule has 2 saturated heterocycles. The van der Waals surface area contributed by atoms with E-state index in [1.54, 1.807) is 0 Å². The van der Waals surface area contributed by atoms with Crippen LogP contribution in [0.1, 0.15) is 33.1 Å². The fraction of sp³-hybridized carbons (Fsp3) is 1.00. The number of hydrogen-bond acceptors (Lipinski definition) is 3. The van der Waals surface area contributed by atoms with E-state index in [1.165, 1.54) is 19.4 Å². The van der Waals surface area contributed by atoms with Gasteiger partial charge in [-0.2, -0.15) is 0 Å². The molecule has 0 aromatic rings. The first-order valence-corrected chi connectivity index (χ1v) is 6.69. The van der Waals surface area contributed by atoms with E-state index in [9.17, 15) is 0 Å². The minimum atomic E-state index is 0.241. The molecule has 0 aliphatic carbocycles. The summed E-state index contributed by atoms with van der Waals surface area (Å²) in [7, 11) is 0. The van der Waals surface area contributed by atoms with Gasteiger partial charge in [-0.3, -0.25) is 4.90 Å². The van der Waals surface area contributed by atoms with Gasteiger partial charge in [0.15, 0.2) is 0 Å². The van der Waals surface area contributed by atoms with Crippen molar-refractivity contribution in [2.24, 2.45) is 17.1 Å². The molecule has 3 atom stereocenters. The largest absolute Gasteiger partial charge is 0.381 e. The third kappa shape index (κ3) is 2.41. The number of ether oxygens (including phenoxy) is 1. The van der Waals surface area contributed by atoms with E-state index in [0.717, 1.165) is 38.6 Å². The molecule has 2 heterocycles. The molecule has 3 heteroatoms. The van der Waals surface area contributed by atoms with E-state index in [1.807, 2.05) is 0 Å². The Hall–Kier alpha value is -0.120. The van der Waals surface area contributed by atoms with Gasteiger partial charge in [-0.15, -0.1) is 0 Å². The summed E-state index contributed by atoms with van der Waals surface area (Å²) in [5.41, 5.74) is 6.20. The van der Waals surface area contributed by atoms with E-state index in [0.29, 0.717) is 6.04 Å². The monoisotopic (exact) mass is 226 g/mol. The minimum Gasteiger partial charge on any atom is -0.381 e. The standard InChI is InChI=1S/C13H26N2O/c1-11-4-3-6-15(12(11)2)9-13(8-14)5-7-16-10-13/h11-12H,3-10,14H2,1-2H3.